The van der Waals surface area contributed by atoms with Gasteiger partial charge in [-0.1, -0.05) is 19.8 Å². The van der Waals surface area contributed by atoms with Crippen LogP contribution in [0.15, 0.2) is 0 Å². The van der Waals surface area contributed by atoms with Gasteiger partial charge in [-0.25, -0.2) is 4.79 Å². The van der Waals surface area contributed by atoms with Gasteiger partial charge >= 0.3 is 5.97 Å². The quantitative estimate of drug-likeness (QED) is 0.692. The molecule has 1 atom stereocenters. The summed E-state index contributed by atoms with van der Waals surface area (Å²) in [5.41, 5.74) is 0. The van der Waals surface area contributed by atoms with Crippen molar-refractivity contribution >= 4 is 11.9 Å². The molecular formula is C11H20N2O3. The van der Waals surface area contributed by atoms with Crippen LogP contribution in [0.4, 0.5) is 0 Å². The molecule has 92 valence electrons. The number of unbranched alkanes of at least 4 members (excludes halogenated alkanes) is 2. The number of amides is 1. The first-order valence-electron chi connectivity index (χ1n) is 5.77. The summed E-state index contributed by atoms with van der Waals surface area (Å²) in [4.78, 5) is 26.1. The number of carboxylic acid groups (broad SMARTS) is 1. The van der Waals surface area contributed by atoms with E-state index in [4.69, 9.17) is 5.11 Å². The second-order valence-electron chi connectivity index (χ2n) is 4.35. The lowest BCUT2D eigenvalue weighted by atomic mass is 10.1. The number of piperazine rings is 1. The van der Waals surface area contributed by atoms with Gasteiger partial charge < -0.3 is 10.0 Å². The van der Waals surface area contributed by atoms with Crippen molar-refractivity contribution in [2.75, 3.05) is 26.7 Å². The van der Waals surface area contributed by atoms with E-state index in [1.807, 2.05) is 0 Å². The number of aliphatic carboxylic acids is 1. The van der Waals surface area contributed by atoms with Crippen LogP contribution < -0.4 is 0 Å². The van der Waals surface area contributed by atoms with Gasteiger partial charge in [0, 0.05) is 13.1 Å². The van der Waals surface area contributed by atoms with Crippen molar-refractivity contribution in [2.24, 2.45) is 0 Å². The zero-order valence-corrected chi connectivity index (χ0v) is 9.98. The number of likely N-dealkylation sites (N-methyl/N-ethyl adjacent to an activating group) is 1. The molecule has 1 aliphatic heterocycles. The Morgan fingerprint density at radius 2 is 2.19 bits per heavy atom. The minimum atomic E-state index is -0.906. The molecule has 1 rings (SSSR count). The Bertz CT molecular complexity index is 268. The van der Waals surface area contributed by atoms with Crippen molar-refractivity contribution in [3.63, 3.8) is 0 Å². The molecule has 1 saturated heterocycles. The van der Waals surface area contributed by atoms with E-state index >= 15 is 0 Å². The molecule has 1 fully saturated rings. The molecule has 0 bridgehead atoms. The van der Waals surface area contributed by atoms with Crippen molar-refractivity contribution in [1.82, 2.24) is 9.80 Å². The lowest BCUT2D eigenvalue weighted by molar-refractivity contribution is -0.155. The van der Waals surface area contributed by atoms with Crippen molar-refractivity contribution in [1.29, 1.82) is 0 Å². The molecule has 5 nitrogen and oxygen atoms in total. The van der Waals surface area contributed by atoms with Gasteiger partial charge in [0.25, 0.3) is 0 Å². The van der Waals surface area contributed by atoms with Crippen molar-refractivity contribution in [2.45, 2.75) is 32.2 Å². The highest BCUT2D eigenvalue weighted by molar-refractivity contribution is 5.86. The van der Waals surface area contributed by atoms with E-state index in [2.05, 4.69) is 6.92 Å². The highest BCUT2D eigenvalue weighted by Gasteiger charge is 2.34. The van der Waals surface area contributed by atoms with E-state index in [9.17, 15) is 9.59 Å². The van der Waals surface area contributed by atoms with Gasteiger partial charge in [-0.3, -0.25) is 9.69 Å². The summed E-state index contributed by atoms with van der Waals surface area (Å²) in [6.45, 7) is 3.40. The predicted octanol–water partition coefficient (Wildman–Crippen LogP) is 0.404. The Morgan fingerprint density at radius 3 is 2.75 bits per heavy atom. The van der Waals surface area contributed by atoms with Crippen molar-refractivity contribution < 1.29 is 14.7 Å². The SMILES string of the molecule is CCCCCN1C(=O)CN(C)CC1C(=O)O. The predicted molar refractivity (Wildman–Crippen MR) is 60.2 cm³/mol. The van der Waals surface area contributed by atoms with Gasteiger partial charge in [-0.15, -0.1) is 0 Å². The first kappa shape index (κ1) is 13.0. The van der Waals surface area contributed by atoms with Crippen LogP contribution in [0.2, 0.25) is 0 Å². The van der Waals surface area contributed by atoms with Crippen LogP contribution in [0.5, 0.6) is 0 Å². The Balaban J connectivity index is 2.60. The molecule has 0 saturated carbocycles. The first-order valence-corrected chi connectivity index (χ1v) is 5.77. The number of carbonyl (C=O) groups excluding carboxylic acids is 1. The van der Waals surface area contributed by atoms with Gasteiger partial charge in [0.05, 0.1) is 6.54 Å². The summed E-state index contributed by atoms with van der Waals surface area (Å²) in [6.07, 6.45) is 2.99. The van der Waals surface area contributed by atoms with Crippen LogP contribution in [0.1, 0.15) is 26.2 Å². The molecule has 1 amide bonds. The van der Waals surface area contributed by atoms with E-state index < -0.39 is 12.0 Å². The average molecular weight is 228 g/mol. The lowest BCUT2D eigenvalue weighted by Gasteiger charge is -2.37. The van der Waals surface area contributed by atoms with E-state index in [1.54, 1.807) is 11.9 Å². The molecule has 0 aromatic heterocycles. The second-order valence-corrected chi connectivity index (χ2v) is 4.35. The largest absolute Gasteiger partial charge is 0.480 e. The summed E-state index contributed by atoms with van der Waals surface area (Å²) in [6, 6.07) is -0.678. The van der Waals surface area contributed by atoms with Crippen molar-refractivity contribution in [3.05, 3.63) is 0 Å². The average Bonchev–Trinajstić information content (AvgIpc) is 2.20. The molecule has 1 heterocycles. The fourth-order valence-corrected chi connectivity index (χ4v) is 1.98. The number of carboxylic acids is 1. The standard InChI is InChI=1S/C11H20N2O3/c1-3-4-5-6-13-9(11(15)16)7-12(2)8-10(13)14/h9H,3-8H2,1-2H3,(H,15,16). The van der Waals surface area contributed by atoms with Crippen molar-refractivity contribution in [3.8, 4) is 0 Å². The van der Waals surface area contributed by atoms with Crippen LogP contribution in [-0.2, 0) is 9.59 Å². The second kappa shape index (κ2) is 5.84. The third-order valence-corrected chi connectivity index (χ3v) is 2.87. The van der Waals surface area contributed by atoms with Crippen LogP contribution in [0.3, 0.4) is 0 Å². The number of hydrogen-bond acceptors (Lipinski definition) is 3. The Kier molecular flexibility index (Phi) is 4.73. The molecule has 0 aliphatic carbocycles. The first-order chi connectivity index (χ1) is 7.56. The van der Waals surface area contributed by atoms with E-state index in [1.165, 1.54) is 4.90 Å². The Hall–Kier alpha value is -1.10. The third kappa shape index (κ3) is 3.20. The molecular weight excluding hydrogens is 208 g/mol. The number of hydrogen-bond donors (Lipinski definition) is 1. The van der Waals surface area contributed by atoms with Gasteiger partial charge in [0.15, 0.2) is 0 Å². The number of carbonyl (C=O) groups is 2. The smallest absolute Gasteiger partial charge is 0.327 e. The summed E-state index contributed by atoms with van der Waals surface area (Å²) in [5, 5.41) is 9.08. The van der Waals surface area contributed by atoms with Gasteiger partial charge in [-0.05, 0) is 13.5 Å². The molecule has 1 aliphatic rings. The fraction of sp³-hybridized carbons (Fsp3) is 0.818. The molecule has 0 aromatic rings. The zero-order chi connectivity index (χ0) is 12.1. The summed E-state index contributed by atoms with van der Waals surface area (Å²) in [7, 11) is 1.78. The molecule has 0 spiro atoms. The minimum Gasteiger partial charge on any atom is -0.480 e. The topological polar surface area (TPSA) is 60.9 Å². The minimum absolute atomic E-state index is 0.0720. The summed E-state index contributed by atoms with van der Waals surface area (Å²) in [5.74, 6) is -0.978. The molecule has 5 heteroatoms. The summed E-state index contributed by atoms with van der Waals surface area (Å²) < 4.78 is 0. The zero-order valence-electron chi connectivity index (χ0n) is 9.98. The normalized spacial score (nSPS) is 22.5. The van der Waals surface area contributed by atoms with E-state index in [0.29, 0.717) is 19.6 Å². The Labute approximate surface area is 96.0 Å². The van der Waals surface area contributed by atoms with Gasteiger partial charge in [-0.2, -0.15) is 0 Å². The van der Waals surface area contributed by atoms with E-state index in [0.717, 1.165) is 19.3 Å². The number of rotatable bonds is 5. The van der Waals surface area contributed by atoms with Crippen LogP contribution in [0.25, 0.3) is 0 Å². The van der Waals surface area contributed by atoms with Crippen LogP contribution in [0, 0.1) is 0 Å². The fourth-order valence-electron chi connectivity index (χ4n) is 1.98. The maximum absolute atomic E-state index is 11.7. The van der Waals surface area contributed by atoms with E-state index in [-0.39, 0.29) is 5.91 Å². The molecule has 16 heavy (non-hydrogen) atoms. The highest BCUT2D eigenvalue weighted by Crippen LogP contribution is 2.11. The molecule has 1 N–H and O–H groups in total. The Morgan fingerprint density at radius 1 is 1.50 bits per heavy atom. The third-order valence-electron chi connectivity index (χ3n) is 2.87. The van der Waals surface area contributed by atoms with Crippen LogP contribution >= 0.6 is 0 Å². The van der Waals surface area contributed by atoms with Crippen LogP contribution in [-0.4, -0.2) is 59.5 Å². The maximum Gasteiger partial charge on any atom is 0.327 e. The highest BCUT2D eigenvalue weighted by atomic mass is 16.4. The lowest BCUT2D eigenvalue weighted by Crippen LogP contribution is -2.58. The monoisotopic (exact) mass is 228 g/mol. The maximum atomic E-state index is 11.7. The van der Waals surface area contributed by atoms with Gasteiger partial charge in [0.1, 0.15) is 6.04 Å². The number of nitrogens with zero attached hydrogens (tertiary/aromatic N) is 2. The summed E-state index contributed by atoms with van der Waals surface area (Å²) >= 11 is 0. The molecule has 0 radical (unpaired) electrons. The van der Waals surface area contributed by atoms with Gasteiger partial charge in [0.2, 0.25) is 5.91 Å². The molecule has 1 unspecified atom stereocenters. The molecule has 0 aromatic carbocycles.